The van der Waals surface area contributed by atoms with Crippen molar-refractivity contribution in [1.29, 1.82) is 0 Å². The average Bonchev–Trinajstić information content (AvgIpc) is 3.43. The highest BCUT2D eigenvalue weighted by atomic mass is 79.9. The SMILES string of the molecule is CC(c1ncnn1-c1ncccn1)N(CC1CC1)C(=O)c1cc(Br)cc(C(C)(F)F)c1. The van der Waals surface area contributed by atoms with Crippen molar-refractivity contribution in [3.63, 3.8) is 0 Å². The van der Waals surface area contributed by atoms with E-state index in [9.17, 15) is 13.6 Å². The minimum atomic E-state index is -3.06. The minimum Gasteiger partial charge on any atom is -0.328 e. The molecule has 0 N–H and O–H groups in total. The molecule has 0 aliphatic heterocycles. The van der Waals surface area contributed by atoms with Crippen LogP contribution < -0.4 is 0 Å². The third kappa shape index (κ3) is 4.79. The fourth-order valence-electron chi connectivity index (χ4n) is 3.36. The minimum absolute atomic E-state index is 0.195. The molecule has 31 heavy (non-hydrogen) atoms. The van der Waals surface area contributed by atoms with Crippen LogP contribution in [0, 0.1) is 5.92 Å². The van der Waals surface area contributed by atoms with Crippen molar-refractivity contribution >= 4 is 21.8 Å². The van der Waals surface area contributed by atoms with Gasteiger partial charge in [0.1, 0.15) is 6.33 Å². The van der Waals surface area contributed by atoms with Crippen LogP contribution >= 0.6 is 15.9 Å². The van der Waals surface area contributed by atoms with E-state index in [0.29, 0.717) is 28.7 Å². The molecule has 0 radical (unpaired) electrons. The van der Waals surface area contributed by atoms with E-state index in [4.69, 9.17) is 0 Å². The van der Waals surface area contributed by atoms with Crippen molar-refractivity contribution in [2.45, 2.75) is 38.7 Å². The number of aromatic nitrogens is 5. The quantitative estimate of drug-likeness (QED) is 0.485. The van der Waals surface area contributed by atoms with Crippen molar-refractivity contribution in [3.8, 4) is 5.95 Å². The Hall–Kier alpha value is -2.75. The van der Waals surface area contributed by atoms with Crippen LogP contribution in [-0.4, -0.2) is 42.1 Å². The van der Waals surface area contributed by atoms with Crippen molar-refractivity contribution in [3.05, 3.63) is 64.4 Å². The molecule has 1 saturated carbocycles. The molecule has 2 aromatic heterocycles. The van der Waals surface area contributed by atoms with Gasteiger partial charge in [-0.2, -0.15) is 9.78 Å². The predicted octanol–water partition coefficient (Wildman–Crippen LogP) is 4.54. The number of nitrogens with zero attached hydrogens (tertiary/aromatic N) is 6. The number of carbonyl (C=O) groups is 1. The van der Waals surface area contributed by atoms with E-state index >= 15 is 0 Å². The number of benzene rings is 1. The molecular weight excluding hydrogens is 470 g/mol. The zero-order valence-corrected chi connectivity index (χ0v) is 18.6. The summed E-state index contributed by atoms with van der Waals surface area (Å²) < 4.78 is 29.8. The summed E-state index contributed by atoms with van der Waals surface area (Å²) in [5.74, 6) is -2.17. The van der Waals surface area contributed by atoms with Crippen LogP contribution in [0.3, 0.4) is 0 Å². The first kappa shape index (κ1) is 21.5. The summed E-state index contributed by atoms with van der Waals surface area (Å²) in [6.07, 6.45) is 6.64. The number of alkyl halides is 2. The van der Waals surface area contributed by atoms with Gasteiger partial charge in [0.15, 0.2) is 5.82 Å². The highest BCUT2D eigenvalue weighted by Gasteiger charge is 2.34. The molecule has 3 aromatic rings. The monoisotopic (exact) mass is 490 g/mol. The second kappa shape index (κ2) is 8.41. The van der Waals surface area contributed by atoms with E-state index in [1.165, 1.54) is 23.1 Å². The van der Waals surface area contributed by atoms with Gasteiger partial charge < -0.3 is 4.90 Å². The molecule has 1 amide bonds. The molecule has 1 fully saturated rings. The van der Waals surface area contributed by atoms with Crippen molar-refractivity contribution in [1.82, 2.24) is 29.6 Å². The van der Waals surface area contributed by atoms with Gasteiger partial charge in [0, 0.05) is 41.5 Å². The number of halogens is 3. The smallest absolute Gasteiger partial charge is 0.270 e. The zero-order valence-electron chi connectivity index (χ0n) is 17.0. The van der Waals surface area contributed by atoms with E-state index in [0.717, 1.165) is 19.8 Å². The van der Waals surface area contributed by atoms with Gasteiger partial charge in [-0.05, 0) is 49.9 Å². The molecule has 1 aromatic carbocycles. The zero-order chi connectivity index (χ0) is 22.2. The van der Waals surface area contributed by atoms with E-state index in [1.807, 2.05) is 6.92 Å². The van der Waals surface area contributed by atoms with Crippen LogP contribution in [0.2, 0.25) is 0 Å². The Morgan fingerprint density at radius 1 is 1.26 bits per heavy atom. The number of carbonyl (C=O) groups excluding carboxylic acids is 1. The van der Waals surface area contributed by atoms with Crippen LogP contribution in [0.4, 0.5) is 8.78 Å². The van der Waals surface area contributed by atoms with Crippen molar-refractivity contribution in [2.24, 2.45) is 5.92 Å². The molecule has 7 nitrogen and oxygen atoms in total. The van der Waals surface area contributed by atoms with Crippen molar-refractivity contribution < 1.29 is 13.6 Å². The molecule has 1 atom stereocenters. The van der Waals surface area contributed by atoms with Crippen LogP contribution in [0.25, 0.3) is 5.95 Å². The van der Waals surface area contributed by atoms with Gasteiger partial charge in [0.25, 0.3) is 17.8 Å². The lowest BCUT2D eigenvalue weighted by molar-refractivity contribution is 0.0173. The first-order valence-electron chi connectivity index (χ1n) is 9.91. The number of amides is 1. The standard InChI is InChI=1S/C21H21BrF2N6O/c1-13(18-27-12-28-30(18)20-25-6-3-7-26-20)29(11-14-4-5-14)19(31)15-8-16(21(2,23)24)10-17(22)9-15/h3,6-10,12-14H,4-5,11H2,1-2H3. The Morgan fingerprint density at radius 3 is 2.61 bits per heavy atom. The second-order valence-electron chi connectivity index (χ2n) is 7.77. The second-order valence-corrected chi connectivity index (χ2v) is 8.69. The first-order valence-corrected chi connectivity index (χ1v) is 10.7. The van der Waals surface area contributed by atoms with Crippen LogP contribution in [0.5, 0.6) is 0 Å². The average molecular weight is 491 g/mol. The Balaban J connectivity index is 1.70. The Bertz CT molecular complexity index is 1080. The van der Waals surface area contributed by atoms with Gasteiger partial charge in [0.05, 0.1) is 6.04 Å². The third-order valence-corrected chi connectivity index (χ3v) is 5.68. The maximum absolute atomic E-state index is 13.9. The Kier molecular flexibility index (Phi) is 5.83. The number of rotatable bonds is 7. The van der Waals surface area contributed by atoms with Crippen LogP contribution in [0.1, 0.15) is 54.5 Å². The summed E-state index contributed by atoms with van der Waals surface area (Å²) in [5, 5.41) is 4.21. The van der Waals surface area contributed by atoms with Gasteiger partial charge in [-0.15, -0.1) is 0 Å². The van der Waals surface area contributed by atoms with Gasteiger partial charge >= 0.3 is 0 Å². The van der Waals surface area contributed by atoms with Gasteiger partial charge in [-0.1, -0.05) is 15.9 Å². The maximum atomic E-state index is 13.9. The highest BCUT2D eigenvalue weighted by Crippen LogP contribution is 2.35. The van der Waals surface area contributed by atoms with Gasteiger partial charge in [-0.25, -0.2) is 23.7 Å². The summed E-state index contributed by atoms with van der Waals surface area (Å²) in [4.78, 5) is 27.9. The topological polar surface area (TPSA) is 76.8 Å². The normalized spacial score (nSPS) is 15.0. The van der Waals surface area contributed by atoms with Gasteiger partial charge in [0.2, 0.25) is 0 Å². The van der Waals surface area contributed by atoms with Crippen molar-refractivity contribution in [2.75, 3.05) is 6.54 Å². The number of hydrogen-bond donors (Lipinski definition) is 0. The number of hydrogen-bond acceptors (Lipinski definition) is 5. The van der Waals surface area contributed by atoms with Crippen LogP contribution in [-0.2, 0) is 5.92 Å². The lowest BCUT2D eigenvalue weighted by atomic mass is 10.0. The third-order valence-electron chi connectivity index (χ3n) is 5.22. The molecule has 4 rings (SSSR count). The molecular formula is C21H21BrF2N6O. The maximum Gasteiger partial charge on any atom is 0.270 e. The molecule has 162 valence electrons. The van der Waals surface area contributed by atoms with E-state index in [-0.39, 0.29) is 17.0 Å². The molecule has 2 heterocycles. The van der Waals surface area contributed by atoms with Crippen LogP contribution in [0.15, 0.2) is 47.5 Å². The van der Waals surface area contributed by atoms with E-state index in [1.54, 1.807) is 29.4 Å². The molecule has 1 aliphatic carbocycles. The Labute approximate surface area is 186 Å². The summed E-state index contributed by atoms with van der Waals surface area (Å²) in [6, 6.07) is 5.37. The lowest BCUT2D eigenvalue weighted by Gasteiger charge is -2.29. The lowest BCUT2D eigenvalue weighted by Crippen LogP contribution is -2.37. The molecule has 10 heteroatoms. The highest BCUT2D eigenvalue weighted by molar-refractivity contribution is 9.10. The predicted molar refractivity (Wildman–Crippen MR) is 113 cm³/mol. The summed E-state index contributed by atoms with van der Waals surface area (Å²) in [7, 11) is 0. The van der Waals surface area contributed by atoms with Gasteiger partial charge in [-0.3, -0.25) is 4.79 Å². The first-order chi connectivity index (χ1) is 14.7. The molecule has 0 saturated heterocycles. The largest absolute Gasteiger partial charge is 0.328 e. The molecule has 1 aliphatic rings. The fraction of sp³-hybridized carbons (Fsp3) is 0.381. The van der Waals surface area contributed by atoms with E-state index in [2.05, 4.69) is 36.0 Å². The fourth-order valence-corrected chi connectivity index (χ4v) is 3.85. The molecule has 1 unspecified atom stereocenters. The Morgan fingerprint density at radius 2 is 1.97 bits per heavy atom. The molecule has 0 bridgehead atoms. The molecule has 0 spiro atoms. The van der Waals surface area contributed by atoms with E-state index < -0.39 is 12.0 Å². The summed E-state index contributed by atoms with van der Waals surface area (Å²) in [6.45, 7) is 3.17. The summed E-state index contributed by atoms with van der Waals surface area (Å²) in [5.41, 5.74) is -0.0227. The summed E-state index contributed by atoms with van der Waals surface area (Å²) >= 11 is 3.26.